The van der Waals surface area contributed by atoms with Gasteiger partial charge in [-0.1, -0.05) is 45.4 Å². The molecule has 0 aromatic carbocycles. The third-order valence-electron chi connectivity index (χ3n) is 3.28. The number of carbonyl (C=O) groups excluding carboxylic acids is 1. The fourth-order valence-corrected chi connectivity index (χ4v) is 2.04. The predicted octanol–water partition coefficient (Wildman–Crippen LogP) is 3.03. The third-order valence-corrected chi connectivity index (χ3v) is 3.28. The van der Waals surface area contributed by atoms with Gasteiger partial charge in [0.2, 0.25) is 0 Å². The zero-order valence-electron chi connectivity index (χ0n) is 13.2. The van der Waals surface area contributed by atoms with Crippen LogP contribution in [0.4, 0.5) is 0 Å². The van der Waals surface area contributed by atoms with E-state index in [1.807, 2.05) is 0 Å². The summed E-state index contributed by atoms with van der Waals surface area (Å²) >= 11 is 0. The molecule has 0 aromatic rings. The Kier molecular flexibility index (Phi) is 15.9. The van der Waals surface area contributed by atoms with E-state index in [-0.39, 0.29) is 12.6 Å². The van der Waals surface area contributed by atoms with Gasteiger partial charge in [-0.2, -0.15) is 0 Å². The first-order valence-corrected chi connectivity index (χ1v) is 8.28. The number of nitrogens with one attached hydrogen (secondary N) is 1. The van der Waals surface area contributed by atoms with Crippen LogP contribution >= 0.6 is 0 Å². The van der Waals surface area contributed by atoms with Crippen molar-refractivity contribution in [3.63, 3.8) is 0 Å². The lowest BCUT2D eigenvalue weighted by Gasteiger charge is -2.05. The van der Waals surface area contributed by atoms with Crippen LogP contribution < -0.4 is 5.32 Å². The second-order valence-electron chi connectivity index (χ2n) is 5.27. The van der Waals surface area contributed by atoms with Crippen LogP contribution in [0.25, 0.3) is 0 Å². The first-order valence-electron chi connectivity index (χ1n) is 8.28. The number of hydrogen-bond donors (Lipinski definition) is 2. The van der Waals surface area contributed by atoms with E-state index in [1.54, 1.807) is 0 Å². The maximum Gasteiger partial charge on any atom is 0.305 e. The minimum Gasteiger partial charge on any atom is -0.466 e. The highest BCUT2D eigenvalue weighted by molar-refractivity contribution is 5.69. The van der Waals surface area contributed by atoms with Crippen LogP contribution in [0, 0.1) is 0 Å². The molecular weight excluding hydrogens is 254 g/mol. The lowest BCUT2D eigenvalue weighted by atomic mass is 10.1. The van der Waals surface area contributed by atoms with E-state index in [2.05, 4.69) is 12.2 Å². The molecular formula is C16H33NO3. The molecule has 0 spiro atoms. The maximum atomic E-state index is 11.4. The summed E-state index contributed by atoms with van der Waals surface area (Å²) in [6.07, 6.45) is 10.8. The lowest BCUT2D eigenvalue weighted by Crippen LogP contribution is -2.19. The molecule has 0 saturated heterocycles. The Balaban J connectivity index is 3.09. The van der Waals surface area contributed by atoms with Crippen LogP contribution in [-0.4, -0.2) is 37.4 Å². The van der Waals surface area contributed by atoms with Crippen molar-refractivity contribution in [3.8, 4) is 0 Å². The Bertz CT molecular complexity index is 210. The zero-order valence-corrected chi connectivity index (χ0v) is 13.2. The highest BCUT2D eigenvalue weighted by Crippen LogP contribution is 2.07. The molecule has 4 nitrogen and oxygen atoms in total. The molecule has 0 atom stereocenters. The first-order chi connectivity index (χ1) is 9.81. The lowest BCUT2D eigenvalue weighted by molar-refractivity contribution is -0.143. The topological polar surface area (TPSA) is 58.6 Å². The number of rotatable bonds is 15. The van der Waals surface area contributed by atoms with Crippen molar-refractivity contribution in [3.05, 3.63) is 0 Å². The molecule has 0 rings (SSSR count). The molecule has 0 unspecified atom stereocenters. The Morgan fingerprint density at radius 3 is 2.35 bits per heavy atom. The minimum absolute atomic E-state index is 0.0330. The largest absolute Gasteiger partial charge is 0.466 e. The Labute approximate surface area is 124 Å². The number of hydrogen-bond acceptors (Lipinski definition) is 4. The van der Waals surface area contributed by atoms with Gasteiger partial charge in [0.15, 0.2) is 0 Å². The summed E-state index contributed by atoms with van der Waals surface area (Å²) in [7, 11) is 0. The van der Waals surface area contributed by atoms with Crippen molar-refractivity contribution in [1.82, 2.24) is 5.32 Å². The van der Waals surface area contributed by atoms with Gasteiger partial charge in [0.1, 0.15) is 0 Å². The second-order valence-corrected chi connectivity index (χ2v) is 5.27. The van der Waals surface area contributed by atoms with Crippen LogP contribution in [0.2, 0.25) is 0 Å². The Morgan fingerprint density at radius 1 is 0.950 bits per heavy atom. The van der Waals surface area contributed by atoms with Gasteiger partial charge in [0.25, 0.3) is 0 Å². The van der Waals surface area contributed by atoms with E-state index < -0.39 is 0 Å². The van der Waals surface area contributed by atoms with Crippen molar-refractivity contribution in [2.45, 2.75) is 71.1 Å². The van der Waals surface area contributed by atoms with Gasteiger partial charge in [-0.25, -0.2) is 0 Å². The summed E-state index contributed by atoms with van der Waals surface area (Å²) < 4.78 is 5.16. The van der Waals surface area contributed by atoms with E-state index in [0.29, 0.717) is 19.6 Å². The van der Waals surface area contributed by atoms with Gasteiger partial charge in [-0.3, -0.25) is 4.79 Å². The number of aliphatic hydroxyl groups is 1. The van der Waals surface area contributed by atoms with E-state index >= 15 is 0 Å². The van der Waals surface area contributed by atoms with E-state index in [0.717, 1.165) is 38.6 Å². The van der Waals surface area contributed by atoms with Crippen LogP contribution in [-0.2, 0) is 9.53 Å². The molecule has 0 aliphatic carbocycles. The fourth-order valence-electron chi connectivity index (χ4n) is 2.04. The summed E-state index contributed by atoms with van der Waals surface area (Å²) in [6.45, 7) is 4.64. The molecule has 0 saturated carbocycles. The van der Waals surface area contributed by atoms with Gasteiger partial charge in [0, 0.05) is 13.0 Å². The van der Waals surface area contributed by atoms with Gasteiger partial charge in [0.05, 0.1) is 13.2 Å². The molecule has 0 heterocycles. The van der Waals surface area contributed by atoms with E-state index in [9.17, 15) is 4.79 Å². The Morgan fingerprint density at radius 2 is 1.65 bits per heavy atom. The third kappa shape index (κ3) is 15.4. The monoisotopic (exact) mass is 287 g/mol. The number of unbranched alkanes of at least 4 members (excludes halogenated alkanes) is 7. The quantitative estimate of drug-likeness (QED) is 0.359. The second kappa shape index (κ2) is 16.4. The van der Waals surface area contributed by atoms with Crippen LogP contribution in [0.3, 0.4) is 0 Å². The summed E-state index contributed by atoms with van der Waals surface area (Å²) in [6, 6.07) is 0. The van der Waals surface area contributed by atoms with Crippen LogP contribution in [0.5, 0.6) is 0 Å². The highest BCUT2D eigenvalue weighted by Gasteiger charge is 2.01. The number of esters is 1. The molecule has 4 heteroatoms. The SMILES string of the molecule is CCCCCOC(=O)CCCCCCCCNCCO. The standard InChI is InChI=1S/C16H33NO3/c1-2-3-10-15-20-16(19)11-8-6-4-5-7-9-12-17-13-14-18/h17-18H,2-15H2,1H3. The maximum absolute atomic E-state index is 11.4. The molecule has 0 aliphatic heterocycles. The summed E-state index contributed by atoms with van der Waals surface area (Å²) in [5.41, 5.74) is 0. The molecule has 0 radical (unpaired) electrons. The zero-order chi connectivity index (χ0) is 14.9. The number of carbonyl (C=O) groups is 1. The van der Waals surface area contributed by atoms with Crippen molar-refractivity contribution < 1.29 is 14.6 Å². The molecule has 120 valence electrons. The van der Waals surface area contributed by atoms with Gasteiger partial charge in [-0.05, 0) is 25.8 Å². The van der Waals surface area contributed by atoms with Gasteiger partial charge >= 0.3 is 5.97 Å². The van der Waals surface area contributed by atoms with Crippen molar-refractivity contribution >= 4 is 5.97 Å². The normalized spacial score (nSPS) is 10.7. The molecule has 0 aromatic heterocycles. The summed E-state index contributed by atoms with van der Waals surface area (Å²) in [5.74, 6) is -0.0330. The highest BCUT2D eigenvalue weighted by atomic mass is 16.5. The molecule has 0 amide bonds. The molecule has 0 fully saturated rings. The smallest absolute Gasteiger partial charge is 0.305 e. The molecule has 20 heavy (non-hydrogen) atoms. The predicted molar refractivity (Wildman–Crippen MR) is 82.8 cm³/mol. The Hall–Kier alpha value is -0.610. The first kappa shape index (κ1) is 19.4. The van der Waals surface area contributed by atoms with E-state index in [1.165, 1.54) is 25.7 Å². The van der Waals surface area contributed by atoms with Gasteiger partial charge in [-0.15, -0.1) is 0 Å². The average molecular weight is 287 g/mol. The average Bonchev–Trinajstić information content (AvgIpc) is 2.45. The summed E-state index contributed by atoms with van der Waals surface area (Å²) in [5, 5.41) is 11.8. The number of aliphatic hydroxyl groups excluding tert-OH is 1. The summed E-state index contributed by atoms with van der Waals surface area (Å²) in [4.78, 5) is 11.4. The van der Waals surface area contributed by atoms with Gasteiger partial charge < -0.3 is 15.2 Å². The van der Waals surface area contributed by atoms with Crippen LogP contribution in [0.1, 0.15) is 71.1 Å². The van der Waals surface area contributed by atoms with Crippen molar-refractivity contribution in [2.75, 3.05) is 26.3 Å². The minimum atomic E-state index is -0.0330. The van der Waals surface area contributed by atoms with Crippen molar-refractivity contribution in [1.29, 1.82) is 0 Å². The molecule has 2 N–H and O–H groups in total. The fraction of sp³-hybridized carbons (Fsp3) is 0.938. The van der Waals surface area contributed by atoms with E-state index in [4.69, 9.17) is 9.84 Å². The molecule has 0 bridgehead atoms. The number of ether oxygens (including phenoxy) is 1. The van der Waals surface area contributed by atoms with Crippen LogP contribution in [0.15, 0.2) is 0 Å². The molecule has 0 aliphatic rings. The van der Waals surface area contributed by atoms with Crippen molar-refractivity contribution in [2.24, 2.45) is 0 Å².